The number of allylic oxidation sites excluding steroid dienone is 4. The second-order valence-electron chi connectivity index (χ2n) is 3.47. The largest absolute Gasteiger partial charge is 0.504 e. The molecule has 8 heteroatoms. The third-order valence-corrected chi connectivity index (χ3v) is 2.36. The van der Waals surface area contributed by atoms with E-state index >= 15 is 0 Å². The molecule has 1 atom stereocenters. The van der Waals surface area contributed by atoms with Crippen molar-refractivity contribution in [2.45, 2.75) is 6.92 Å². The number of carbonyl (C=O) groups is 2. The van der Waals surface area contributed by atoms with E-state index in [0.29, 0.717) is 6.61 Å². The number of nitrogens with one attached hydrogen (secondary N) is 1. The number of rotatable bonds is 4. The van der Waals surface area contributed by atoms with Crippen molar-refractivity contribution in [2.24, 2.45) is 5.92 Å². The van der Waals surface area contributed by atoms with Gasteiger partial charge in [-0.3, -0.25) is 9.59 Å². The molecule has 0 aromatic carbocycles. The van der Waals surface area contributed by atoms with E-state index in [4.69, 9.17) is 4.74 Å². The van der Waals surface area contributed by atoms with Crippen molar-refractivity contribution in [1.82, 2.24) is 20.6 Å². The molecule has 0 spiro atoms. The summed E-state index contributed by atoms with van der Waals surface area (Å²) in [4.78, 5) is 23.9. The average Bonchev–Trinajstić information content (AvgIpc) is 2.87. The van der Waals surface area contributed by atoms with Crippen molar-refractivity contribution in [3.63, 3.8) is 0 Å². The van der Waals surface area contributed by atoms with Crippen LogP contribution < -0.4 is 0 Å². The highest BCUT2D eigenvalue weighted by Gasteiger charge is 2.38. The highest BCUT2D eigenvalue weighted by Crippen LogP contribution is 2.24. The van der Waals surface area contributed by atoms with E-state index in [2.05, 4.69) is 20.6 Å². The molecule has 1 aromatic heterocycles. The normalized spacial score (nSPS) is 19.2. The summed E-state index contributed by atoms with van der Waals surface area (Å²) in [5.41, 5.74) is 0. The molecule has 1 aliphatic rings. The van der Waals surface area contributed by atoms with Gasteiger partial charge in [-0.15, -0.1) is 5.10 Å². The Morgan fingerprint density at radius 2 is 2.33 bits per heavy atom. The van der Waals surface area contributed by atoms with Gasteiger partial charge in [0.1, 0.15) is 11.7 Å². The van der Waals surface area contributed by atoms with Crippen LogP contribution in [0.3, 0.4) is 0 Å². The maximum Gasteiger partial charge on any atom is 0.220 e. The van der Waals surface area contributed by atoms with E-state index in [1.54, 1.807) is 6.92 Å². The summed E-state index contributed by atoms with van der Waals surface area (Å²) in [5.74, 6) is -3.11. The molecular weight excluding hydrogens is 240 g/mol. The number of aromatic nitrogens is 4. The van der Waals surface area contributed by atoms with Crippen molar-refractivity contribution in [3.8, 4) is 0 Å². The lowest BCUT2D eigenvalue weighted by atomic mass is 9.91. The fraction of sp³-hybridized carbons (Fsp3) is 0.300. The number of ketones is 2. The molecule has 0 amide bonds. The molecule has 1 aliphatic carbocycles. The van der Waals surface area contributed by atoms with E-state index in [-0.39, 0.29) is 11.6 Å². The van der Waals surface area contributed by atoms with Crippen LogP contribution in [0.5, 0.6) is 0 Å². The number of hydrogen-bond acceptors (Lipinski definition) is 7. The van der Waals surface area contributed by atoms with Gasteiger partial charge in [-0.25, -0.2) is 5.10 Å². The average molecular weight is 250 g/mol. The topological polar surface area (TPSA) is 118 Å². The number of nitrogens with zero attached hydrogens (tertiary/aromatic N) is 3. The molecule has 8 nitrogen and oxygen atoms in total. The zero-order chi connectivity index (χ0) is 13.1. The predicted molar refractivity (Wildman–Crippen MR) is 57.4 cm³/mol. The third-order valence-electron chi connectivity index (χ3n) is 2.36. The maximum atomic E-state index is 12.0. The van der Waals surface area contributed by atoms with Gasteiger partial charge < -0.3 is 9.84 Å². The van der Waals surface area contributed by atoms with Crippen LogP contribution in [-0.2, 0) is 9.53 Å². The van der Waals surface area contributed by atoms with E-state index in [1.807, 2.05) is 0 Å². The summed E-state index contributed by atoms with van der Waals surface area (Å²) in [5, 5.41) is 21.6. The van der Waals surface area contributed by atoms with E-state index < -0.39 is 23.2 Å². The number of Topliss-reactive ketones (excluding diaryl/α,β-unsaturated/α-hetero) is 2. The Bertz CT molecular complexity index is 532. The van der Waals surface area contributed by atoms with Gasteiger partial charge in [0.05, 0.1) is 6.61 Å². The lowest BCUT2D eigenvalue weighted by Gasteiger charge is -2.19. The first kappa shape index (κ1) is 12.0. The van der Waals surface area contributed by atoms with E-state index in [9.17, 15) is 14.7 Å². The first-order valence-corrected chi connectivity index (χ1v) is 5.21. The first-order valence-electron chi connectivity index (χ1n) is 5.21. The minimum absolute atomic E-state index is 0.159. The summed E-state index contributed by atoms with van der Waals surface area (Å²) in [7, 11) is 0. The summed E-state index contributed by atoms with van der Waals surface area (Å²) in [6, 6.07) is 0. The van der Waals surface area contributed by atoms with Gasteiger partial charge in [-0.2, -0.15) is 0 Å². The molecule has 94 valence electrons. The van der Waals surface area contributed by atoms with Gasteiger partial charge in [0.2, 0.25) is 17.4 Å². The van der Waals surface area contributed by atoms with Crippen LogP contribution >= 0.6 is 0 Å². The molecule has 0 saturated carbocycles. The molecule has 1 heterocycles. The van der Waals surface area contributed by atoms with Crippen molar-refractivity contribution in [2.75, 3.05) is 6.61 Å². The van der Waals surface area contributed by atoms with Crippen molar-refractivity contribution >= 4 is 11.6 Å². The quantitative estimate of drug-likeness (QED) is 0.567. The number of aromatic amines is 1. The van der Waals surface area contributed by atoms with Crippen LogP contribution in [0.2, 0.25) is 0 Å². The molecule has 1 unspecified atom stereocenters. The molecule has 2 rings (SSSR count). The number of H-pyrrole nitrogens is 1. The van der Waals surface area contributed by atoms with Crippen LogP contribution in [0.15, 0.2) is 23.7 Å². The second-order valence-corrected chi connectivity index (χ2v) is 3.47. The van der Waals surface area contributed by atoms with Gasteiger partial charge in [0.15, 0.2) is 5.76 Å². The molecule has 0 bridgehead atoms. The Labute approximate surface area is 101 Å². The van der Waals surface area contributed by atoms with Crippen LogP contribution in [0.4, 0.5) is 0 Å². The third kappa shape index (κ3) is 1.99. The number of aliphatic hydroxyl groups is 1. The summed E-state index contributed by atoms with van der Waals surface area (Å²) in [6.07, 6.45) is 2.57. The molecule has 0 saturated heterocycles. The number of ether oxygens (including phenoxy) is 1. The molecule has 1 aromatic rings. The summed E-state index contributed by atoms with van der Waals surface area (Å²) in [6.45, 7) is 2.02. The molecular formula is C10H10N4O4. The van der Waals surface area contributed by atoms with Gasteiger partial charge in [0, 0.05) is 0 Å². The van der Waals surface area contributed by atoms with Crippen molar-refractivity contribution in [1.29, 1.82) is 0 Å². The number of hydrogen-bond donors (Lipinski definition) is 2. The van der Waals surface area contributed by atoms with Crippen LogP contribution in [0.1, 0.15) is 17.5 Å². The van der Waals surface area contributed by atoms with Crippen molar-refractivity contribution in [3.05, 3.63) is 29.5 Å². The van der Waals surface area contributed by atoms with E-state index in [0.717, 1.165) is 0 Å². The minimum atomic E-state index is -1.25. The first-order chi connectivity index (χ1) is 8.65. The Kier molecular flexibility index (Phi) is 3.18. The standard InChI is InChI=1S/C10H10N4O4/c1-2-18-6-4-3-5(15)8(16)7(6)9(17)10-11-13-14-12-10/h3-4,7,15H,2H2,1H3,(H,11,12,13,14). The van der Waals surface area contributed by atoms with Crippen molar-refractivity contribution < 1.29 is 19.4 Å². The zero-order valence-electron chi connectivity index (χ0n) is 9.45. The number of aliphatic hydroxyl groups excluding tert-OH is 1. The van der Waals surface area contributed by atoms with Gasteiger partial charge in [-0.05, 0) is 29.5 Å². The Morgan fingerprint density at radius 3 is 2.94 bits per heavy atom. The zero-order valence-corrected chi connectivity index (χ0v) is 9.45. The van der Waals surface area contributed by atoms with Crippen LogP contribution in [-0.4, -0.2) is 43.9 Å². The Hall–Kier alpha value is -2.51. The Balaban J connectivity index is 2.34. The fourth-order valence-corrected chi connectivity index (χ4v) is 1.56. The maximum absolute atomic E-state index is 12.0. The smallest absolute Gasteiger partial charge is 0.220 e. The van der Waals surface area contributed by atoms with Crippen LogP contribution in [0.25, 0.3) is 0 Å². The lowest BCUT2D eigenvalue weighted by Crippen LogP contribution is -2.31. The number of carbonyl (C=O) groups excluding carboxylic acids is 2. The van der Waals surface area contributed by atoms with Gasteiger partial charge in [0.25, 0.3) is 0 Å². The summed E-state index contributed by atoms with van der Waals surface area (Å²) >= 11 is 0. The summed E-state index contributed by atoms with van der Waals surface area (Å²) < 4.78 is 5.21. The second kappa shape index (κ2) is 4.78. The lowest BCUT2D eigenvalue weighted by molar-refractivity contribution is -0.120. The highest BCUT2D eigenvalue weighted by atomic mass is 16.5. The Morgan fingerprint density at radius 1 is 1.56 bits per heavy atom. The fourth-order valence-electron chi connectivity index (χ4n) is 1.56. The van der Waals surface area contributed by atoms with Gasteiger partial charge >= 0.3 is 0 Å². The SMILES string of the molecule is CCOC1=CC=C(O)C(=O)C1C(=O)c1nnn[nH]1. The van der Waals surface area contributed by atoms with E-state index in [1.165, 1.54) is 12.2 Å². The highest BCUT2D eigenvalue weighted by molar-refractivity contribution is 6.16. The predicted octanol–water partition coefficient (Wildman–Crippen LogP) is -0.0564. The van der Waals surface area contributed by atoms with Crippen LogP contribution in [0, 0.1) is 5.92 Å². The molecule has 0 aliphatic heterocycles. The monoisotopic (exact) mass is 250 g/mol. The minimum Gasteiger partial charge on any atom is -0.504 e. The number of tetrazole rings is 1. The molecule has 18 heavy (non-hydrogen) atoms. The molecule has 2 N–H and O–H groups in total. The molecule has 0 radical (unpaired) electrons. The van der Waals surface area contributed by atoms with Gasteiger partial charge in [-0.1, -0.05) is 0 Å². The molecule has 0 fully saturated rings.